The normalized spacial score (nSPS) is 10.9. The minimum absolute atomic E-state index is 0.411. The predicted octanol–water partition coefficient (Wildman–Crippen LogP) is 4.41. The predicted molar refractivity (Wildman–Crippen MR) is 81.4 cm³/mol. The first-order chi connectivity index (χ1) is 9.61. The van der Waals surface area contributed by atoms with Crippen LogP contribution >= 0.6 is 11.6 Å². The second-order valence-corrected chi connectivity index (χ2v) is 5.32. The maximum Gasteiger partial charge on any atom is 0.146 e. The van der Waals surface area contributed by atoms with Crippen LogP contribution in [0.5, 0.6) is 5.75 Å². The van der Waals surface area contributed by atoms with E-state index in [1.54, 1.807) is 0 Å². The van der Waals surface area contributed by atoms with Gasteiger partial charge in [-0.05, 0) is 61.4 Å². The molecule has 1 N–H and O–H groups in total. The zero-order valence-corrected chi connectivity index (χ0v) is 12.2. The van der Waals surface area contributed by atoms with Crippen LogP contribution in [0.1, 0.15) is 17.0 Å². The lowest BCUT2D eigenvalue weighted by atomic mass is 10.1. The summed E-state index contributed by atoms with van der Waals surface area (Å²) in [6.45, 7) is 4.60. The van der Waals surface area contributed by atoms with Crippen LogP contribution in [0.25, 0.3) is 11.0 Å². The van der Waals surface area contributed by atoms with Crippen molar-refractivity contribution >= 4 is 22.6 Å². The Kier molecular flexibility index (Phi) is 3.36. The van der Waals surface area contributed by atoms with Crippen molar-refractivity contribution in [2.24, 2.45) is 0 Å². The lowest BCUT2D eigenvalue weighted by molar-refractivity contribution is 0.297. The van der Waals surface area contributed by atoms with E-state index < -0.39 is 0 Å². The fourth-order valence-corrected chi connectivity index (χ4v) is 2.20. The molecule has 0 aliphatic rings. The fourth-order valence-electron chi connectivity index (χ4n) is 2.07. The van der Waals surface area contributed by atoms with E-state index in [4.69, 9.17) is 16.3 Å². The van der Waals surface area contributed by atoms with Gasteiger partial charge in [0.25, 0.3) is 0 Å². The van der Waals surface area contributed by atoms with Crippen molar-refractivity contribution in [2.45, 2.75) is 20.5 Å². The maximum atomic E-state index is 5.84. The van der Waals surface area contributed by atoms with Gasteiger partial charge in [-0.25, -0.2) is 4.98 Å². The number of imidazole rings is 1. The average Bonchev–Trinajstić information content (AvgIpc) is 2.80. The Morgan fingerprint density at radius 1 is 1.10 bits per heavy atom. The number of nitrogens with one attached hydrogen (secondary N) is 1. The van der Waals surface area contributed by atoms with Crippen molar-refractivity contribution < 1.29 is 4.74 Å². The molecular formula is C16H15ClN2O. The van der Waals surface area contributed by atoms with Crippen molar-refractivity contribution in [1.82, 2.24) is 9.97 Å². The smallest absolute Gasteiger partial charge is 0.146 e. The molecule has 102 valence electrons. The summed E-state index contributed by atoms with van der Waals surface area (Å²) in [6, 6.07) is 11.5. The first kappa shape index (κ1) is 13.0. The van der Waals surface area contributed by atoms with E-state index in [0.717, 1.165) is 22.6 Å². The number of ether oxygens (including phenoxy) is 1. The topological polar surface area (TPSA) is 37.9 Å². The first-order valence-corrected chi connectivity index (χ1v) is 6.84. The number of hydrogen-bond donors (Lipinski definition) is 1. The van der Waals surface area contributed by atoms with Crippen molar-refractivity contribution in [3.63, 3.8) is 0 Å². The summed E-state index contributed by atoms with van der Waals surface area (Å²) >= 11 is 5.84. The summed E-state index contributed by atoms with van der Waals surface area (Å²) in [5.41, 5.74) is 4.52. The molecule has 1 heterocycles. The van der Waals surface area contributed by atoms with Crippen molar-refractivity contribution in [3.8, 4) is 5.75 Å². The number of halogens is 1. The molecule has 1 aromatic heterocycles. The Morgan fingerprint density at radius 3 is 2.55 bits per heavy atom. The van der Waals surface area contributed by atoms with Crippen LogP contribution in [-0.2, 0) is 6.61 Å². The second kappa shape index (κ2) is 5.17. The highest BCUT2D eigenvalue weighted by atomic mass is 35.5. The maximum absolute atomic E-state index is 5.84. The molecular weight excluding hydrogens is 272 g/mol. The molecule has 0 bridgehead atoms. The number of benzene rings is 2. The molecule has 0 saturated heterocycles. The highest BCUT2D eigenvalue weighted by Gasteiger charge is 2.05. The van der Waals surface area contributed by atoms with Crippen LogP contribution in [0.4, 0.5) is 0 Å². The third-order valence-electron chi connectivity index (χ3n) is 3.34. The zero-order valence-electron chi connectivity index (χ0n) is 11.4. The quantitative estimate of drug-likeness (QED) is 0.774. The highest BCUT2D eigenvalue weighted by molar-refractivity contribution is 6.30. The van der Waals surface area contributed by atoms with E-state index >= 15 is 0 Å². The van der Waals surface area contributed by atoms with Gasteiger partial charge in [-0.15, -0.1) is 0 Å². The van der Waals surface area contributed by atoms with E-state index in [0.29, 0.717) is 11.6 Å². The number of nitrogens with zero attached hydrogens (tertiary/aromatic N) is 1. The number of aromatic nitrogens is 2. The highest BCUT2D eigenvalue weighted by Crippen LogP contribution is 2.19. The molecule has 3 nitrogen and oxygen atoms in total. The van der Waals surface area contributed by atoms with Gasteiger partial charge >= 0.3 is 0 Å². The molecule has 0 spiro atoms. The molecule has 4 heteroatoms. The Hall–Kier alpha value is -2.00. The number of fused-ring (bicyclic) bond motifs is 1. The minimum atomic E-state index is 0.411. The molecule has 0 amide bonds. The summed E-state index contributed by atoms with van der Waals surface area (Å²) in [5, 5.41) is 0.701. The van der Waals surface area contributed by atoms with Gasteiger partial charge in [-0.1, -0.05) is 11.6 Å². The van der Waals surface area contributed by atoms with E-state index in [2.05, 4.69) is 35.9 Å². The summed E-state index contributed by atoms with van der Waals surface area (Å²) < 4.78 is 5.68. The van der Waals surface area contributed by atoms with Crippen LogP contribution in [-0.4, -0.2) is 9.97 Å². The van der Waals surface area contributed by atoms with Crippen molar-refractivity contribution in [3.05, 3.63) is 58.4 Å². The number of rotatable bonds is 3. The van der Waals surface area contributed by atoms with E-state index in [1.807, 2.05) is 24.3 Å². The van der Waals surface area contributed by atoms with E-state index in [1.165, 1.54) is 11.1 Å². The number of hydrogen-bond acceptors (Lipinski definition) is 2. The Balaban J connectivity index is 1.79. The van der Waals surface area contributed by atoms with E-state index in [-0.39, 0.29) is 0 Å². The van der Waals surface area contributed by atoms with Crippen molar-refractivity contribution in [2.75, 3.05) is 0 Å². The second-order valence-electron chi connectivity index (χ2n) is 4.88. The number of aryl methyl sites for hydroxylation is 2. The van der Waals surface area contributed by atoms with Gasteiger partial charge in [0.05, 0.1) is 11.0 Å². The minimum Gasteiger partial charge on any atom is -0.486 e. The molecule has 2 aromatic carbocycles. The SMILES string of the molecule is Cc1cc2nc(COc3ccc(Cl)cc3)[nH]c2cc1C. The summed E-state index contributed by atoms with van der Waals surface area (Å²) in [6.07, 6.45) is 0. The fraction of sp³-hybridized carbons (Fsp3) is 0.188. The monoisotopic (exact) mass is 286 g/mol. The summed E-state index contributed by atoms with van der Waals surface area (Å²) in [4.78, 5) is 7.82. The molecule has 0 aliphatic heterocycles. The van der Waals surface area contributed by atoms with Gasteiger partial charge in [0.1, 0.15) is 18.2 Å². The first-order valence-electron chi connectivity index (χ1n) is 6.46. The van der Waals surface area contributed by atoms with E-state index in [9.17, 15) is 0 Å². The molecule has 0 unspecified atom stereocenters. The van der Waals surface area contributed by atoms with Crippen LogP contribution < -0.4 is 4.74 Å². The molecule has 0 radical (unpaired) electrons. The molecule has 20 heavy (non-hydrogen) atoms. The lowest BCUT2D eigenvalue weighted by Crippen LogP contribution is -1.97. The third-order valence-corrected chi connectivity index (χ3v) is 3.59. The van der Waals surface area contributed by atoms with Crippen molar-refractivity contribution in [1.29, 1.82) is 0 Å². The van der Waals surface area contributed by atoms with Gasteiger partial charge in [-0.2, -0.15) is 0 Å². The summed E-state index contributed by atoms with van der Waals surface area (Å²) in [5.74, 6) is 1.60. The Bertz CT molecular complexity index is 708. The van der Waals surface area contributed by atoms with Gasteiger partial charge < -0.3 is 9.72 Å². The molecule has 3 aromatic rings. The number of H-pyrrole nitrogens is 1. The van der Waals surface area contributed by atoms with Gasteiger partial charge in [0.15, 0.2) is 0 Å². The average molecular weight is 287 g/mol. The van der Waals surface area contributed by atoms with Crippen LogP contribution in [0.15, 0.2) is 36.4 Å². The van der Waals surface area contributed by atoms with Gasteiger partial charge in [0.2, 0.25) is 0 Å². The van der Waals surface area contributed by atoms with Crippen LogP contribution in [0.3, 0.4) is 0 Å². The standard InChI is InChI=1S/C16H15ClN2O/c1-10-7-14-15(8-11(10)2)19-16(18-14)9-20-13-5-3-12(17)4-6-13/h3-8H,9H2,1-2H3,(H,18,19). The number of aromatic amines is 1. The largest absolute Gasteiger partial charge is 0.486 e. The Morgan fingerprint density at radius 2 is 1.80 bits per heavy atom. The summed E-state index contributed by atoms with van der Waals surface area (Å²) in [7, 11) is 0. The molecule has 0 aliphatic carbocycles. The zero-order chi connectivity index (χ0) is 14.1. The Labute approximate surface area is 122 Å². The van der Waals surface area contributed by atoms with Crippen LogP contribution in [0, 0.1) is 13.8 Å². The third kappa shape index (κ3) is 2.63. The lowest BCUT2D eigenvalue weighted by Gasteiger charge is -2.03. The van der Waals surface area contributed by atoms with Gasteiger partial charge in [0, 0.05) is 5.02 Å². The van der Waals surface area contributed by atoms with Crippen LogP contribution in [0.2, 0.25) is 5.02 Å². The van der Waals surface area contributed by atoms with Gasteiger partial charge in [-0.3, -0.25) is 0 Å². The molecule has 0 atom stereocenters. The molecule has 0 saturated carbocycles. The molecule has 3 rings (SSSR count). The molecule has 0 fully saturated rings.